The van der Waals surface area contributed by atoms with Crippen LogP contribution in [0.1, 0.15) is 48.5 Å². The van der Waals surface area contributed by atoms with E-state index in [2.05, 4.69) is 23.9 Å². The van der Waals surface area contributed by atoms with Gasteiger partial charge in [0.15, 0.2) is 0 Å². The predicted molar refractivity (Wildman–Crippen MR) is 109 cm³/mol. The summed E-state index contributed by atoms with van der Waals surface area (Å²) in [6.07, 6.45) is 1.75. The van der Waals surface area contributed by atoms with E-state index in [4.69, 9.17) is 4.74 Å². The molecule has 0 bridgehead atoms. The molecule has 0 unspecified atom stereocenters. The molecule has 7 heteroatoms. The minimum atomic E-state index is -3.62. The number of ether oxygens (including phenoxy) is 1. The van der Waals surface area contributed by atoms with Crippen molar-refractivity contribution in [3.8, 4) is 0 Å². The van der Waals surface area contributed by atoms with Gasteiger partial charge in [0.05, 0.1) is 11.0 Å². The van der Waals surface area contributed by atoms with Crippen molar-refractivity contribution in [2.45, 2.75) is 43.6 Å². The molecule has 0 radical (unpaired) electrons. The maximum absolute atomic E-state index is 12.4. The van der Waals surface area contributed by atoms with Crippen LogP contribution >= 0.6 is 0 Å². The van der Waals surface area contributed by atoms with E-state index in [1.807, 2.05) is 24.3 Å². The molecule has 1 saturated heterocycles. The van der Waals surface area contributed by atoms with Gasteiger partial charge in [0, 0.05) is 24.4 Å². The van der Waals surface area contributed by atoms with Crippen molar-refractivity contribution >= 4 is 21.6 Å². The molecule has 28 heavy (non-hydrogen) atoms. The van der Waals surface area contributed by atoms with Crippen molar-refractivity contribution in [1.29, 1.82) is 0 Å². The molecule has 1 fully saturated rings. The normalized spacial score (nSPS) is 17.0. The van der Waals surface area contributed by atoms with Gasteiger partial charge in [0.2, 0.25) is 10.0 Å². The van der Waals surface area contributed by atoms with E-state index in [1.165, 1.54) is 29.8 Å². The highest BCUT2D eigenvalue weighted by Crippen LogP contribution is 2.18. The number of carbonyl (C=O) groups excluding carboxylic acids is 1. The summed E-state index contributed by atoms with van der Waals surface area (Å²) in [6.45, 7) is 5.16. The zero-order valence-electron chi connectivity index (χ0n) is 16.1. The molecule has 2 aromatic rings. The first kappa shape index (κ1) is 20.5. The van der Waals surface area contributed by atoms with Gasteiger partial charge in [0.25, 0.3) is 5.91 Å². The molecule has 0 spiro atoms. The molecule has 1 heterocycles. The number of hydrogen-bond donors (Lipinski definition) is 2. The third kappa shape index (κ3) is 5.19. The fourth-order valence-corrected chi connectivity index (χ4v) is 4.10. The summed E-state index contributed by atoms with van der Waals surface area (Å²) < 4.78 is 32.8. The molecule has 2 aromatic carbocycles. The second kappa shape index (κ2) is 8.86. The first-order valence-corrected chi connectivity index (χ1v) is 11.0. The van der Waals surface area contributed by atoms with E-state index in [-0.39, 0.29) is 23.5 Å². The second-order valence-corrected chi connectivity index (χ2v) is 9.01. The van der Waals surface area contributed by atoms with Gasteiger partial charge in [0.1, 0.15) is 0 Å². The van der Waals surface area contributed by atoms with E-state index in [0.29, 0.717) is 23.8 Å². The number of rotatable bonds is 7. The Hall–Kier alpha value is -2.22. The molecular weight excluding hydrogens is 376 g/mol. The molecule has 3 rings (SSSR count). The highest BCUT2D eigenvalue weighted by atomic mass is 32.2. The second-order valence-electron chi connectivity index (χ2n) is 7.24. The lowest BCUT2D eigenvalue weighted by Crippen LogP contribution is -2.31. The standard InChI is InChI=1S/C21H26N2O4S/c1-15(2)16-5-9-18(10-6-16)23-21(24)17-7-11-20(12-8-17)28(25,26)22-14-19-4-3-13-27-19/h5-12,15,19,22H,3-4,13-14H2,1-2H3,(H,23,24)/t19-/m1/s1. The first-order valence-electron chi connectivity index (χ1n) is 9.48. The molecule has 2 N–H and O–H groups in total. The monoisotopic (exact) mass is 402 g/mol. The van der Waals surface area contributed by atoms with E-state index in [1.54, 1.807) is 0 Å². The Kier molecular flexibility index (Phi) is 6.49. The summed E-state index contributed by atoms with van der Waals surface area (Å²) in [7, 11) is -3.62. The summed E-state index contributed by atoms with van der Waals surface area (Å²) >= 11 is 0. The zero-order chi connectivity index (χ0) is 20.1. The average molecular weight is 403 g/mol. The fraction of sp³-hybridized carbons (Fsp3) is 0.381. The summed E-state index contributed by atoms with van der Waals surface area (Å²) in [5, 5.41) is 2.82. The van der Waals surface area contributed by atoms with E-state index in [9.17, 15) is 13.2 Å². The molecule has 150 valence electrons. The third-order valence-corrected chi connectivity index (χ3v) is 6.23. The first-order chi connectivity index (χ1) is 13.3. The maximum atomic E-state index is 12.4. The van der Waals surface area contributed by atoms with Gasteiger partial charge in [-0.2, -0.15) is 0 Å². The van der Waals surface area contributed by atoms with Crippen LogP contribution in [-0.2, 0) is 14.8 Å². The minimum Gasteiger partial charge on any atom is -0.377 e. The van der Waals surface area contributed by atoms with Crippen molar-refractivity contribution in [3.05, 3.63) is 59.7 Å². The van der Waals surface area contributed by atoms with Crippen LogP contribution in [0.15, 0.2) is 53.4 Å². The van der Waals surface area contributed by atoms with Crippen LogP contribution in [0.25, 0.3) is 0 Å². The highest BCUT2D eigenvalue weighted by Gasteiger charge is 2.20. The Morgan fingerprint density at radius 1 is 1.11 bits per heavy atom. The van der Waals surface area contributed by atoms with Crippen LogP contribution in [0.3, 0.4) is 0 Å². The largest absolute Gasteiger partial charge is 0.377 e. The van der Waals surface area contributed by atoms with Gasteiger partial charge in [-0.1, -0.05) is 26.0 Å². The van der Waals surface area contributed by atoms with E-state index >= 15 is 0 Å². The number of hydrogen-bond acceptors (Lipinski definition) is 4. The summed E-state index contributed by atoms with van der Waals surface area (Å²) in [4.78, 5) is 12.5. The summed E-state index contributed by atoms with van der Waals surface area (Å²) in [5.74, 6) is 0.140. The minimum absolute atomic E-state index is 0.0677. The third-order valence-electron chi connectivity index (χ3n) is 4.79. The van der Waals surface area contributed by atoms with Crippen molar-refractivity contribution in [1.82, 2.24) is 4.72 Å². The Bertz CT molecular complexity index is 900. The molecule has 1 aliphatic heterocycles. The number of anilines is 1. The SMILES string of the molecule is CC(C)c1ccc(NC(=O)c2ccc(S(=O)(=O)NC[C@H]3CCCO3)cc2)cc1. The van der Waals surface area contributed by atoms with Crippen molar-refractivity contribution in [2.24, 2.45) is 0 Å². The zero-order valence-corrected chi connectivity index (χ0v) is 17.0. The predicted octanol–water partition coefficient (Wildman–Crippen LogP) is 3.52. The Balaban J connectivity index is 1.61. The van der Waals surface area contributed by atoms with Crippen molar-refractivity contribution in [3.63, 3.8) is 0 Å². The Labute approximate surface area is 166 Å². The smallest absolute Gasteiger partial charge is 0.255 e. The fourth-order valence-electron chi connectivity index (χ4n) is 3.03. The van der Waals surface area contributed by atoms with Gasteiger partial charge < -0.3 is 10.1 Å². The van der Waals surface area contributed by atoms with Crippen LogP contribution in [0, 0.1) is 0 Å². The number of sulfonamides is 1. The van der Waals surface area contributed by atoms with E-state index in [0.717, 1.165) is 12.8 Å². The lowest BCUT2D eigenvalue weighted by atomic mass is 10.0. The van der Waals surface area contributed by atoms with Gasteiger partial charge in [-0.3, -0.25) is 4.79 Å². The molecule has 0 aromatic heterocycles. The Morgan fingerprint density at radius 2 is 1.79 bits per heavy atom. The van der Waals surface area contributed by atoms with Gasteiger partial charge in [-0.05, 0) is 60.7 Å². The Morgan fingerprint density at radius 3 is 2.36 bits per heavy atom. The molecule has 1 atom stereocenters. The average Bonchev–Trinajstić information content (AvgIpc) is 3.21. The molecular formula is C21H26N2O4S. The quantitative estimate of drug-likeness (QED) is 0.742. The molecule has 0 aliphatic carbocycles. The van der Waals surface area contributed by atoms with Crippen molar-refractivity contribution < 1.29 is 17.9 Å². The number of amides is 1. The van der Waals surface area contributed by atoms with Crippen LogP contribution in [0.4, 0.5) is 5.69 Å². The number of carbonyl (C=O) groups is 1. The maximum Gasteiger partial charge on any atom is 0.255 e. The summed E-state index contributed by atoms with van der Waals surface area (Å²) in [5.41, 5.74) is 2.29. The molecule has 6 nitrogen and oxygen atoms in total. The number of nitrogens with one attached hydrogen (secondary N) is 2. The highest BCUT2D eigenvalue weighted by molar-refractivity contribution is 7.89. The van der Waals surface area contributed by atoms with Crippen LogP contribution < -0.4 is 10.0 Å². The molecule has 0 saturated carbocycles. The van der Waals surface area contributed by atoms with Crippen LogP contribution in [-0.4, -0.2) is 33.6 Å². The lowest BCUT2D eigenvalue weighted by Gasteiger charge is -2.12. The van der Waals surface area contributed by atoms with Crippen molar-refractivity contribution in [2.75, 3.05) is 18.5 Å². The molecule has 1 aliphatic rings. The van der Waals surface area contributed by atoms with Gasteiger partial charge in [-0.25, -0.2) is 13.1 Å². The van der Waals surface area contributed by atoms with Gasteiger partial charge in [-0.15, -0.1) is 0 Å². The molecule has 1 amide bonds. The number of benzene rings is 2. The topological polar surface area (TPSA) is 84.5 Å². The lowest BCUT2D eigenvalue weighted by molar-refractivity contribution is 0.102. The van der Waals surface area contributed by atoms with Crippen LogP contribution in [0.5, 0.6) is 0 Å². The van der Waals surface area contributed by atoms with Gasteiger partial charge >= 0.3 is 0 Å². The van der Waals surface area contributed by atoms with E-state index < -0.39 is 10.0 Å². The van der Waals surface area contributed by atoms with Crippen LogP contribution in [0.2, 0.25) is 0 Å². The summed E-state index contributed by atoms with van der Waals surface area (Å²) in [6, 6.07) is 13.6.